The van der Waals surface area contributed by atoms with Gasteiger partial charge in [-0.2, -0.15) is 12.6 Å². The Kier molecular flexibility index (Phi) is 4.62. The van der Waals surface area contributed by atoms with Crippen molar-refractivity contribution >= 4 is 35.9 Å². The summed E-state index contributed by atoms with van der Waals surface area (Å²) < 4.78 is 0. The summed E-state index contributed by atoms with van der Waals surface area (Å²) in [7, 11) is 0. The molecule has 0 aliphatic heterocycles. The van der Waals surface area contributed by atoms with E-state index in [2.05, 4.69) is 23.3 Å². The van der Waals surface area contributed by atoms with E-state index in [0.29, 0.717) is 23.0 Å². The first-order valence-electron chi connectivity index (χ1n) is 4.13. The topological polar surface area (TPSA) is 41.1 Å². The summed E-state index contributed by atoms with van der Waals surface area (Å²) in [6, 6.07) is 6.73. The number of thiol groups is 1. The minimum atomic E-state index is -0.249. The summed E-state index contributed by atoms with van der Waals surface area (Å²) in [4.78, 5) is 11.2. The molecule has 0 spiro atoms. The Balaban J connectivity index is 2.47. The van der Waals surface area contributed by atoms with E-state index in [0.717, 1.165) is 0 Å². The Morgan fingerprint density at radius 2 is 2.29 bits per heavy atom. The maximum Gasteiger partial charge on any atom is 0.319 e. The Bertz CT molecular complexity index is 319. The van der Waals surface area contributed by atoms with Crippen LogP contribution in [0.25, 0.3) is 0 Å². The number of amides is 2. The first-order valence-corrected chi connectivity index (χ1v) is 5.14. The van der Waals surface area contributed by atoms with E-state index in [1.165, 1.54) is 0 Å². The maximum absolute atomic E-state index is 11.2. The Morgan fingerprint density at radius 3 is 2.93 bits per heavy atom. The average Bonchev–Trinajstić information content (AvgIpc) is 2.15. The van der Waals surface area contributed by atoms with Gasteiger partial charge in [-0.3, -0.25) is 0 Å². The van der Waals surface area contributed by atoms with Crippen LogP contribution in [0.15, 0.2) is 24.3 Å². The number of hydrogen-bond donors (Lipinski definition) is 3. The number of rotatable bonds is 3. The fraction of sp³-hybridized carbons (Fsp3) is 0.222. The van der Waals surface area contributed by atoms with Crippen molar-refractivity contribution in [3.05, 3.63) is 29.3 Å². The van der Waals surface area contributed by atoms with Crippen LogP contribution in [-0.4, -0.2) is 18.3 Å². The second-order valence-electron chi connectivity index (χ2n) is 2.61. The molecule has 0 saturated carbocycles. The average molecular weight is 231 g/mol. The van der Waals surface area contributed by atoms with Crippen LogP contribution >= 0.6 is 24.2 Å². The third kappa shape index (κ3) is 3.89. The van der Waals surface area contributed by atoms with Gasteiger partial charge in [0.15, 0.2) is 0 Å². The highest BCUT2D eigenvalue weighted by Crippen LogP contribution is 2.14. The monoisotopic (exact) mass is 230 g/mol. The number of carbonyl (C=O) groups excluding carboxylic acids is 1. The van der Waals surface area contributed by atoms with Gasteiger partial charge >= 0.3 is 6.03 Å². The van der Waals surface area contributed by atoms with Crippen LogP contribution in [0.3, 0.4) is 0 Å². The van der Waals surface area contributed by atoms with Crippen molar-refractivity contribution in [2.24, 2.45) is 0 Å². The first kappa shape index (κ1) is 11.2. The second kappa shape index (κ2) is 5.78. The van der Waals surface area contributed by atoms with Gasteiger partial charge in [-0.1, -0.05) is 17.7 Å². The fourth-order valence-electron chi connectivity index (χ4n) is 0.911. The molecule has 0 bridgehead atoms. The molecule has 0 saturated heterocycles. The Labute approximate surface area is 93.2 Å². The minimum Gasteiger partial charge on any atom is -0.337 e. The SMILES string of the molecule is O=C(NCCS)Nc1cccc(Cl)c1. The normalized spacial score (nSPS) is 9.57. The molecule has 5 heteroatoms. The van der Waals surface area contributed by atoms with Crippen molar-refractivity contribution in [1.29, 1.82) is 0 Å². The number of benzene rings is 1. The maximum atomic E-state index is 11.2. The van der Waals surface area contributed by atoms with Crippen molar-refractivity contribution in [1.82, 2.24) is 5.32 Å². The molecule has 0 atom stereocenters. The lowest BCUT2D eigenvalue weighted by molar-refractivity contribution is 0.252. The highest BCUT2D eigenvalue weighted by atomic mass is 35.5. The number of hydrogen-bond acceptors (Lipinski definition) is 2. The predicted molar refractivity (Wildman–Crippen MR) is 62.3 cm³/mol. The lowest BCUT2D eigenvalue weighted by Gasteiger charge is -2.06. The van der Waals surface area contributed by atoms with Crippen LogP contribution in [0.4, 0.5) is 10.5 Å². The van der Waals surface area contributed by atoms with Gasteiger partial charge in [0.05, 0.1) is 0 Å². The van der Waals surface area contributed by atoms with Gasteiger partial charge in [-0.05, 0) is 18.2 Å². The van der Waals surface area contributed by atoms with Crippen LogP contribution < -0.4 is 10.6 Å². The third-order valence-electron chi connectivity index (χ3n) is 1.48. The molecule has 2 amide bonds. The first-order chi connectivity index (χ1) is 6.72. The zero-order chi connectivity index (χ0) is 10.4. The van der Waals surface area contributed by atoms with Crippen molar-refractivity contribution in [2.75, 3.05) is 17.6 Å². The van der Waals surface area contributed by atoms with Crippen LogP contribution in [0, 0.1) is 0 Å². The second-order valence-corrected chi connectivity index (χ2v) is 3.50. The molecule has 0 radical (unpaired) electrons. The molecule has 76 valence electrons. The van der Waals surface area contributed by atoms with E-state index in [-0.39, 0.29) is 6.03 Å². The molecule has 2 N–H and O–H groups in total. The third-order valence-corrected chi connectivity index (χ3v) is 1.94. The van der Waals surface area contributed by atoms with Crippen LogP contribution in [0.1, 0.15) is 0 Å². The summed E-state index contributed by atoms with van der Waals surface area (Å²) in [5.74, 6) is 0.614. The van der Waals surface area contributed by atoms with Crippen molar-refractivity contribution in [3.63, 3.8) is 0 Å². The minimum absolute atomic E-state index is 0.249. The molecule has 1 aromatic rings. The van der Waals surface area contributed by atoms with Gasteiger partial charge in [0.1, 0.15) is 0 Å². The van der Waals surface area contributed by atoms with Crippen molar-refractivity contribution < 1.29 is 4.79 Å². The number of halogens is 1. The van der Waals surface area contributed by atoms with Crippen molar-refractivity contribution in [2.45, 2.75) is 0 Å². The van der Waals surface area contributed by atoms with E-state index in [4.69, 9.17) is 11.6 Å². The summed E-state index contributed by atoms with van der Waals surface area (Å²) in [5.41, 5.74) is 0.675. The molecule has 0 aliphatic rings. The molecule has 0 unspecified atom stereocenters. The molecule has 1 rings (SSSR count). The standard InChI is InChI=1S/C9H11ClN2OS/c10-7-2-1-3-8(6-7)12-9(13)11-4-5-14/h1-3,6,14H,4-5H2,(H2,11,12,13). The molecular weight excluding hydrogens is 220 g/mol. The van der Waals surface area contributed by atoms with Gasteiger partial charge in [0, 0.05) is 23.0 Å². The fourth-order valence-corrected chi connectivity index (χ4v) is 1.21. The summed E-state index contributed by atoms with van der Waals surface area (Å²) in [6.45, 7) is 0.537. The predicted octanol–water partition coefficient (Wildman–Crippen LogP) is 2.39. The van der Waals surface area contributed by atoms with E-state index in [1.807, 2.05) is 0 Å². The molecule has 0 fully saturated rings. The van der Waals surface area contributed by atoms with Crippen molar-refractivity contribution in [3.8, 4) is 0 Å². The molecular formula is C9H11ClN2OS. The lowest BCUT2D eigenvalue weighted by Crippen LogP contribution is -2.30. The highest BCUT2D eigenvalue weighted by molar-refractivity contribution is 7.80. The summed E-state index contributed by atoms with van der Waals surface area (Å²) in [5, 5.41) is 5.87. The Morgan fingerprint density at radius 1 is 1.50 bits per heavy atom. The van der Waals surface area contributed by atoms with E-state index < -0.39 is 0 Å². The number of carbonyl (C=O) groups is 1. The van der Waals surface area contributed by atoms with Gasteiger partial charge in [-0.15, -0.1) is 0 Å². The van der Waals surface area contributed by atoms with Crippen LogP contribution in [0.2, 0.25) is 5.02 Å². The molecule has 0 heterocycles. The van der Waals surface area contributed by atoms with E-state index in [1.54, 1.807) is 24.3 Å². The highest BCUT2D eigenvalue weighted by Gasteiger charge is 1.99. The molecule has 3 nitrogen and oxygen atoms in total. The lowest BCUT2D eigenvalue weighted by atomic mass is 10.3. The zero-order valence-electron chi connectivity index (χ0n) is 7.46. The van der Waals surface area contributed by atoms with Crippen LogP contribution in [0.5, 0.6) is 0 Å². The van der Waals surface area contributed by atoms with Gasteiger partial charge < -0.3 is 10.6 Å². The summed E-state index contributed by atoms with van der Waals surface area (Å²) in [6.07, 6.45) is 0. The zero-order valence-corrected chi connectivity index (χ0v) is 9.11. The summed E-state index contributed by atoms with van der Waals surface area (Å²) >= 11 is 9.72. The van der Waals surface area contributed by atoms with Gasteiger partial charge in [0.2, 0.25) is 0 Å². The van der Waals surface area contributed by atoms with Gasteiger partial charge in [0.25, 0.3) is 0 Å². The van der Waals surface area contributed by atoms with Gasteiger partial charge in [-0.25, -0.2) is 4.79 Å². The molecule has 1 aromatic carbocycles. The van der Waals surface area contributed by atoms with E-state index >= 15 is 0 Å². The smallest absolute Gasteiger partial charge is 0.319 e. The molecule has 0 aliphatic carbocycles. The van der Waals surface area contributed by atoms with Crippen LogP contribution in [-0.2, 0) is 0 Å². The number of nitrogens with one attached hydrogen (secondary N) is 2. The molecule has 0 aromatic heterocycles. The number of urea groups is 1. The number of anilines is 1. The van der Waals surface area contributed by atoms with E-state index in [9.17, 15) is 4.79 Å². The Hall–Kier alpha value is -0.870. The molecule has 14 heavy (non-hydrogen) atoms. The quantitative estimate of drug-likeness (QED) is 0.686. The largest absolute Gasteiger partial charge is 0.337 e.